The predicted molar refractivity (Wildman–Crippen MR) is 88.5 cm³/mol. The van der Waals surface area contributed by atoms with Gasteiger partial charge in [0.1, 0.15) is 0 Å². The van der Waals surface area contributed by atoms with Gasteiger partial charge in [-0.15, -0.1) is 0 Å². The molecule has 9 nitrogen and oxygen atoms in total. The normalized spacial score (nSPS) is 22.9. The summed E-state index contributed by atoms with van der Waals surface area (Å²) in [6, 6.07) is 4.77. The molecule has 1 aromatic heterocycles. The number of hydrogen-bond acceptors (Lipinski definition) is 5. The molecule has 0 aliphatic carbocycles. The number of rotatable bonds is 1. The van der Waals surface area contributed by atoms with Crippen LogP contribution >= 0.6 is 0 Å². The van der Waals surface area contributed by atoms with Crippen LogP contribution in [0.4, 0.5) is 15.3 Å². The number of anilines is 1. The van der Waals surface area contributed by atoms with Crippen molar-refractivity contribution < 1.29 is 18.7 Å². The fourth-order valence-electron chi connectivity index (χ4n) is 3.44. The highest BCUT2D eigenvalue weighted by atomic mass is 16.6. The van der Waals surface area contributed by atoms with Gasteiger partial charge in [0.05, 0.1) is 18.6 Å². The van der Waals surface area contributed by atoms with Crippen molar-refractivity contribution in [1.82, 2.24) is 14.4 Å². The molecule has 2 saturated heterocycles. The van der Waals surface area contributed by atoms with Crippen LogP contribution < -0.4 is 11.1 Å². The molecule has 0 radical (unpaired) electrons. The van der Waals surface area contributed by atoms with E-state index < -0.39 is 11.4 Å². The number of hydrogen-bond donors (Lipinski definition) is 1. The highest BCUT2D eigenvalue weighted by Crippen LogP contribution is 2.32. The minimum Gasteiger partial charge on any atom is -0.439 e. The predicted octanol–water partition coefficient (Wildman–Crippen LogP) is 1.19. The molecule has 3 amide bonds. The first-order valence-electron chi connectivity index (χ1n) is 7.97. The zero-order valence-corrected chi connectivity index (χ0v) is 13.9. The zero-order chi connectivity index (χ0) is 17.8. The third-order valence-electron chi connectivity index (χ3n) is 4.79. The molecule has 2 fully saturated rings. The maximum atomic E-state index is 12.5. The number of likely N-dealkylation sites (tertiary alicyclic amines) is 1. The first-order chi connectivity index (χ1) is 11.9. The second kappa shape index (κ2) is 5.27. The summed E-state index contributed by atoms with van der Waals surface area (Å²) in [5.41, 5.74) is 0.992. The van der Waals surface area contributed by atoms with E-state index >= 15 is 0 Å². The highest BCUT2D eigenvalue weighted by Gasteiger charge is 2.49. The van der Waals surface area contributed by atoms with Crippen LogP contribution in [0.2, 0.25) is 0 Å². The number of nitrogens with one attached hydrogen (secondary N) is 1. The van der Waals surface area contributed by atoms with Gasteiger partial charge in [0.25, 0.3) is 0 Å². The molecular weight excluding hydrogens is 328 g/mol. The summed E-state index contributed by atoms with van der Waals surface area (Å²) in [6.45, 7) is 1.35. The number of likely N-dealkylation sites (N-methyl/N-ethyl adjacent to an activating group) is 1. The summed E-state index contributed by atoms with van der Waals surface area (Å²) in [6.07, 6.45) is 0.259. The molecule has 3 heterocycles. The van der Waals surface area contributed by atoms with Gasteiger partial charge in [0.2, 0.25) is 0 Å². The smallest absolute Gasteiger partial charge is 0.419 e. The first kappa shape index (κ1) is 15.6. The molecule has 2 aliphatic heterocycles. The van der Waals surface area contributed by atoms with Crippen LogP contribution in [0, 0.1) is 0 Å². The van der Waals surface area contributed by atoms with Crippen molar-refractivity contribution in [2.45, 2.75) is 12.0 Å². The van der Waals surface area contributed by atoms with Crippen LogP contribution in [0.3, 0.4) is 0 Å². The molecule has 0 unspecified atom stereocenters. The molecule has 25 heavy (non-hydrogen) atoms. The number of aromatic nitrogens is 1. The standard InChI is InChI=1S/C16H18N4O5/c1-18-8-16(25-14(18)22)5-6-20(9-16)13(21)17-10-3-4-11-12(7-10)24-15(23)19(11)2/h3-4,7H,5-6,8-9H2,1-2H3,(H,17,21)/t16-/m1/s1. The minimum atomic E-state index is -0.612. The van der Waals surface area contributed by atoms with Crippen LogP contribution in [0.25, 0.3) is 11.1 Å². The number of fused-ring (bicyclic) bond motifs is 1. The average Bonchev–Trinajstić information content (AvgIpc) is 3.18. The molecule has 0 saturated carbocycles. The van der Waals surface area contributed by atoms with E-state index in [0.29, 0.717) is 42.8 Å². The summed E-state index contributed by atoms with van der Waals surface area (Å²) in [5.74, 6) is -0.452. The molecule has 1 N–H and O–H groups in total. The topological polar surface area (TPSA) is 97.0 Å². The molecule has 1 spiro atoms. The summed E-state index contributed by atoms with van der Waals surface area (Å²) in [7, 11) is 3.30. The number of carbonyl (C=O) groups excluding carboxylic acids is 2. The Morgan fingerprint density at radius 1 is 1.24 bits per heavy atom. The summed E-state index contributed by atoms with van der Waals surface area (Å²) >= 11 is 0. The Balaban J connectivity index is 1.48. The van der Waals surface area contributed by atoms with Gasteiger partial charge >= 0.3 is 17.9 Å². The Bertz CT molecular complexity index is 932. The molecule has 2 aliphatic rings. The van der Waals surface area contributed by atoms with Gasteiger partial charge in [0.15, 0.2) is 11.2 Å². The van der Waals surface area contributed by atoms with Crippen LogP contribution in [0.1, 0.15) is 6.42 Å². The maximum Gasteiger partial charge on any atom is 0.419 e. The molecule has 1 aromatic carbocycles. The van der Waals surface area contributed by atoms with Gasteiger partial charge in [0, 0.05) is 38.8 Å². The molecule has 132 valence electrons. The van der Waals surface area contributed by atoms with E-state index in [4.69, 9.17) is 9.15 Å². The average molecular weight is 346 g/mol. The largest absolute Gasteiger partial charge is 0.439 e. The van der Waals surface area contributed by atoms with Crippen molar-refractivity contribution in [3.05, 3.63) is 28.7 Å². The van der Waals surface area contributed by atoms with Crippen LogP contribution in [-0.4, -0.2) is 58.8 Å². The maximum absolute atomic E-state index is 12.5. The third-order valence-corrected chi connectivity index (χ3v) is 4.79. The van der Waals surface area contributed by atoms with E-state index in [0.717, 1.165) is 0 Å². The number of benzene rings is 1. The van der Waals surface area contributed by atoms with Crippen molar-refractivity contribution in [1.29, 1.82) is 0 Å². The minimum absolute atomic E-state index is 0.278. The van der Waals surface area contributed by atoms with Gasteiger partial charge in [-0.1, -0.05) is 0 Å². The molecule has 9 heteroatoms. The molecule has 2 aromatic rings. The van der Waals surface area contributed by atoms with E-state index in [1.807, 2.05) is 0 Å². The van der Waals surface area contributed by atoms with Crippen LogP contribution in [0.15, 0.2) is 27.4 Å². The Hall–Kier alpha value is -2.97. The zero-order valence-electron chi connectivity index (χ0n) is 13.9. The fourth-order valence-corrected chi connectivity index (χ4v) is 3.44. The number of carbonyl (C=O) groups is 2. The Labute approximate surface area is 142 Å². The number of nitrogens with zero attached hydrogens (tertiary/aromatic N) is 3. The quantitative estimate of drug-likeness (QED) is 0.836. The Morgan fingerprint density at radius 3 is 2.76 bits per heavy atom. The lowest BCUT2D eigenvalue weighted by Crippen LogP contribution is -2.40. The first-order valence-corrected chi connectivity index (χ1v) is 7.97. The van der Waals surface area contributed by atoms with Crippen molar-refractivity contribution in [3.63, 3.8) is 0 Å². The Kier molecular flexibility index (Phi) is 3.28. The highest BCUT2D eigenvalue weighted by molar-refractivity contribution is 5.92. The van der Waals surface area contributed by atoms with Crippen molar-refractivity contribution in [2.75, 3.05) is 32.0 Å². The van der Waals surface area contributed by atoms with Gasteiger partial charge in [-0.05, 0) is 12.1 Å². The van der Waals surface area contributed by atoms with Crippen molar-refractivity contribution in [2.24, 2.45) is 7.05 Å². The SMILES string of the molecule is CN1C[C@@]2(CCN(C(=O)Nc3ccc4c(c3)oc(=O)n4C)C2)OC1=O. The molecular formula is C16H18N4O5. The second-order valence-corrected chi connectivity index (χ2v) is 6.62. The van der Waals surface area contributed by atoms with E-state index in [-0.39, 0.29) is 12.1 Å². The number of aryl methyl sites for hydroxylation is 1. The Morgan fingerprint density at radius 2 is 2.04 bits per heavy atom. The van der Waals surface area contributed by atoms with E-state index in [2.05, 4.69) is 5.32 Å². The molecule has 1 atom stereocenters. The van der Waals surface area contributed by atoms with Gasteiger partial charge in [-0.3, -0.25) is 4.57 Å². The van der Waals surface area contributed by atoms with E-state index in [9.17, 15) is 14.4 Å². The second-order valence-electron chi connectivity index (χ2n) is 6.62. The number of amides is 3. The van der Waals surface area contributed by atoms with Crippen LogP contribution in [-0.2, 0) is 11.8 Å². The van der Waals surface area contributed by atoms with E-state index in [1.165, 1.54) is 9.47 Å². The van der Waals surface area contributed by atoms with Gasteiger partial charge in [-0.2, -0.15) is 0 Å². The molecule has 0 bridgehead atoms. The third kappa shape index (κ3) is 2.51. The fraction of sp³-hybridized carbons (Fsp3) is 0.438. The number of oxazole rings is 1. The lowest BCUT2D eigenvalue weighted by molar-refractivity contribution is 0.0663. The lowest BCUT2D eigenvalue weighted by Gasteiger charge is -2.22. The monoisotopic (exact) mass is 346 g/mol. The van der Waals surface area contributed by atoms with Crippen molar-refractivity contribution >= 4 is 28.9 Å². The molecule has 4 rings (SSSR count). The lowest BCUT2D eigenvalue weighted by atomic mass is 10.0. The van der Waals surface area contributed by atoms with Gasteiger partial charge < -0.3 is 24.3 Å². The summed E-state index contributed by atoms with van der Waals surface area (Å²) in [4.78, 5) is 38.8. The summed E-state index contributed by atoms with van der Waals surface area (Å²) in [5, 5.41) is 2.80. The number of urea groups is 1. The number of ether oxygens (including phenoxy) is 1. The van der Waals surface area contributed by atoms with Crippen molar-refractivity contribution in [3.8, 4) is 0 Å². The van der Waals surface area contributed by atoms with Gasteiger partial charge in [-0.25, -0.2) is 14.4 Å². The van der Waals surface area contributed by atoms with Crippen LogP contribution in [0.5, 0.6) is 0 Å². The summed E-state index contributed by atoms with van der Waals surface area (Å²) < 4.78 is 12.0. The van der Waals surface area contributed by atoms with E-state index in [1.54, 1.807) is 37.2 Å².